The third-order valence-electron chi connectivity index (χ3n) is 15.4. The van der Waals surface area contributed by atoms with Crippen LogP contribution >= 0.6 is 0 Å². The Hall–Kier alpha value is -9.74. The van der Waals surface area contributed by atoms with E-state index in [-0.39, 0.29) is 0 Å². The summed E-state index contributed by atoms with van der Waals surface area (Å²) in [6, 6.07) is 114. The van der Waals surface area contributed by atoms with Crippen LogP contribution in [0.4, 0.5) is 34.3 Å². The van der Waals surface area contributed by atoms with Gasteiger partial charge in [0.2, 0.25) is 0 Å². The van der Waals surface area contributed by atoms with Crippen molar-refractivity contribution in [3.05, 3.63) is 309 Å². The first-order valence-corrected chi connectivity index (χ1v) is 28.2. The van der Waals surface area contributed by atoms with E-state index in [0.717, 1.165) is 45.3 Å². The molecule has 13 aromatic rings. The molecule has 3 nitrogen and oxygen atoms in total. The van der Waals surface area contributed by atoms with Crippen molar-refractivity contribution in [2.45, 2.75) is 0 Å². The van der Waals surface area contributed by atoms with Crippen LogP contribution in [0.25, 0.3) is 60.7 Å². The molecule has 4 heteroatoms. The van der Waals surface area contributed by atoms with Crippen molar-refractivity contribution in [1.29, 1.82) is 0 Å². The SMILES string of the molecule is c1ccc(-c2ccc(-c3ccc(N(c4ccc(-c5cccc6ccccc56)cc4)c4cccc5c4c4c(n5-c5ccccc5)N(c5ccccc5)c5ccccc5[Si]4(c4ccccc4)c4ccccc4)cc3)cc2)cc1. The molecule has 0 radical (unpaired) electrons. The van der Waals surface area contributed by atoms with E-state index in [9.17, 15) is 0 Å². The fourth-order valence-electron chi connectivity index (χ4n) is 12.1. The van der Waals surface area contributed by atoms with Gasteiger partial charge in [0, 0.05) is 39.0 Å². The maximum absolute atomic E-state index is 3.26. The summed E-state index contributed by atoms with van der Waals surface area (Å²) in [4.78, 5) is 5.05. The van der Waals surface area contributed by atoms with Gasteiger partial charge >= 0.3 is 0 Å². The quantitative estimate of drug-likeness (QED) is 0.127. The Labute approximate surface area is 445 Å². The van der Waals surface area contributed by atoms with Gasteiger partial charge in [-0.2, -0.15) is 0 Å². The lowest BCUT2D eigenvalue weighted by Crippen LogP contribution is -2.77. The van der Waals surface area contributed by atoms with Crippen molar-refractivity contribution in [2.24, 2.45) is 0 Å². The predicted octanol–water partition coefficient (Wildman–Crippen LogP) is 16.4. The lowest BCUT2D eigenvalue weighted by atomic mass is 9.98. The fourth-order valence-corrected chi connectivity index (χ4v) is 17.4. The van der Waals surface area contributed by atoms with Crippen molar-refractivity contribution in [3.8, 4) is 39.1 Å². The fraction of sp³-hybridized carbons (Fsp3) is 0. The first-order valence-electron chi connectivity index (χ1n) is 26.2. The van der Waals surface area contributed by atoms with Gasteiger partial charge < -0.3 is 4.90 Å². The molecule has 0 atom stereocenters. The van der Waals surface area contributed by atoms with E-state index >= 15 is 0 Å². The molecule has 358 valence electrons. The van der Waals surface area contributed by atoms with Gasteiger partial charge in [-0.1, -0.05) is 243 Å². The topological polar surface area (TPSA) is 11.4 Å². The Morgan fingerprint density at radius 3 is 1.41 bits per heavy atom. The van der Waals surface area contributed by atoms with Gasteiger partial charge in [0.1, 0.15) is 5.82 Å². The van der Waals surface area contributed by atoms with E-state index in [1.54, 1.807) is 0 Å². The molecule has 1 aromatic heterocycles. The number of fused-ring (bicyclic) bond motifs is 5. The van der Waals surface area contributed by atoms with Crippen LogP contribution in [0.15, 0.2) is 309 Å². The van der Waals surface area contributed by atoms with Gasteiger partial charge in [-0.25, -0.2) is 0 Å². The molecule has 0 aliphatic carbocycles. The second-order valence-corrected chi connectivity index (χ2v) is 23.3. The van der Waals surface area contributed by atoms with Gasteiger partial charge in [0.15, 0.2) is 8.07 Å². The summed E-state index contributed by atoms with van der Waals surface area (Å²) in [6.07, 6.45) is 0. The van der Waals surface area contributed by atoms with Crippen molar-refractivity contribution in [3.63, 3.8) is 0 Å². The Morgan fingerprint density at radius 1 is 0.329 bits per heavy atom. The summed E-state index contributed by atoms with van der Waals surface area (Å²) in [7, 11) is -3.26. The van der Waals surface area contributed by atoms with Crippen LogP contribution in [0, 0.1) is 0 Å². The van der Waals surface area contributed by atoms with E-state index in [0.29, 0.717) is 0 Å². The molecule has 0 fully saturated rings. The average molecular weight is 986 g/mol. The maximum atomic E-state index is 2.55. The van der Waals surface area contributed by atoms with E-state index in [2.05, 4.69) is 324 Å². The number of anilines is 6. The van der Waals surface area contributed by atoms with Crippen LogP contribution in [0.5, 0.6) is 0 Å². The molecule has 76 heavy (non-hydrogen) atoms. The smallest absolute Gasteiger partial charge is 0.187 e. The molecular weight excluding hydrogens is 935 g/mol. The van der Waals surface area contributed by atoms with Gasteiger partial charge in [-0.3, -0.25) is 9.47 Å². The van der Waals surface area contributed by atoms with E-state index in [4.69, 9.17) is 0 Å². The lowest BCUT2D eigenvalue weighted by Gasteiger charge is -2.44. The number of para-hydroxylation sites is 3. The van der Waals surface area contributed by atoms with Crippen LogP contribution in [0.2, 0.25) is 0 Å². The highest BCUT2D eigenvalue weighted by atomic mass is 28.3. The standard InChI is InChI=1S/C72H51N3Si/c1-6-22-52(23-7-1)53-40-42-54(43-41-53)55-44-48-60(49-45-55)73(61-50-46-57(47-51-61)65-35-20-25-56-24-16-17-34-64(56)65)67-37-21-38-68-70(67)71-72(75(68)59-28-10-3-11-29-59)74(58-26-8-2-9-27-58)66-36-18-19-39-69(66)76(71,62-30-12-4-13-31-62)63-32-14-5-15-33-63/h1-51H. The first kappa shape index (κ1) is 44.9. The molecule has 0 spiro atoms. The van der Waals surface area contributed by atoms with Crippen molar-refractivity contribution in [2.75, 3.05) is 9.80 Å². The molecule has 0 bridgehead atoms. The van der Waals surface area contributed by atoms with Crippen LogP contribution in [-0.2, 0) is 0 Å². The summed E-state index contributed by atoms with van der Waals surface area (Å²) in [5.41, 5.74) is 14.9. The van der Waals surface area contributed by atoms with E-state index < -0.39 is 8.07 Å². The summed E-state index contributed by atoms with van der Waals surface area (Å²) in [5.74, 6) is 1.15. The van der Waals surface area contributed by atoms with Gasteiger partial charge in [-0.05, 0) is 126 Å². The van der Waals surface area contributed by atoms with Crippen LogP contribution in [0.3, 0.4) is 0 Å². The molecule has 1 aliphatic rings. The minimum atomic E-state index is -3.26. The lowest BCUT2D eigenvalue weighted by molar-refractivity contribution is 1.08. The monoisotopic (exact) mass is 985 g/mol. The molecule has 0 unspecified atom stereocenters. The number of benzene rings is 12. The second-order valence-electron chi connectivity index (χ2n) is 19.6. The second kappa shape index (κ2) is 18.9. The van der Waals surface area contributed by atoms with E-state index in [1.807, 2.05) is 0 Å². The number of nitrogens with zero attached hydrogens (tertiary/aromatic N) is 3. The largest absolute Gasteiger partial charge is 0.310 e. The summed E-state index contributed by atoms with van der Waals surface area (Å²) < 4.78 is 2.55. The van der Waals surface area contributed by atoms with Gasteiger partial charge in [0.25, 0.3) is 0 Å². The zero-order chi connectivity index (χ0) is 50.4. The Morgan fingerprint density at radius 2 is 0.789 bits per heavy atom. The highest BCUT2D eigenvalue weighted by Gasteiger charge is 2.52. The van der Waals surface area contributed by atoms with E-state index in [1.165, 1.54) is 70.4 Å². The number of hydrogen-bond donors (Lipinski definition) is 0. The van der Waals surface area contributed by atoms with Crippen molar-refractivity contribution < 1.29 is 0 Å². The maximum Gasteiger partial charge on any atom is 0.187 e. The first-order chi connectivity index (χ1) is 37.7. The number of rotatable bonds is 10. The molecule has 2 heterocycles. The summed E-state index contributed by atoms with van der Waals surface area (Å²) >= 11 is 0. The minimum Gasteiger partial charge on any atom is -0.310 e. The molecule has 0 saturated heterocycles. The Kier molecular flexibility index (Phi) is 11.2. The average Bonchev–Trinajstić information content (AvgIpc) is 4.09. The van der Waals surface area contributed by atoms with Gasteiger partial charge in [0.05, 0.1) is 11.2 Å². The predicted molar refractivity (Wildman–Crippen MR) is 324 cm³/mol. The molecule has 0 amide bonds. The molecule has 1 aliphatic heterocycles. The van der Waals surface area contributed by atoms with Crippen molar-refractivity contribution in [1.82, 2.24) is 4.57 Å². The number of hydrogen-bond acceptors (Lipinski definition) is 2. The van der Waals surface area contributed by atoms with Crippen LogP contribution in [-0.4, -0.2) is 12.6 Å². The summed E-state index contributed by atoms with van der Waals surface area (Å²) in [6.45, 7) is 0. The van der Waals surface area contributed by atoms with Crippen LogP contribution in [0.1, 0.15) is 0 Å². The molecule has 12 aromatic carbocycles. The Balaban J connectivity index is 1.07. The summed E-state index contributed by atoms with van der Waals surface area (Å²) in [5, 5.41) is 9.04. The normalized spacial score (nSPS) is 12.6. The molecule has 0 N–H and O–H groups in total. The third-order valence-corrected chi connectivity index (χ3v) is 20.3. The highest BCUT2D eigenvalue weighted by Crippen LogP contribution is 2.48. The van der Waals surface area contributed by atoms with Crippen molar-refractivity contribution >= 4 is 84.8 Å². The third kappa shape index (κ3) is 7.41. The number of aromatic nitrogens is 1. The highest BCUT2D eigenvalue weighted by molar-refractivity contribution is 7.22. The zero-order valence-electron chi connectivity index (χ0n) is 41.8. The molecule has 14 rings (SSSR count). The minimum absolute atomic E-state index is 1.07. The zero-order valence-corrected chi connectivity index (χ0v) is 42.8. The van der Waals surface area contributed by atoms with Crippen LogP contribution < -0.4 is 30.5 Å². The van der Waals surface area contributed by atoms with Gasteiger partial charge in [-0.15, -0.1) is 0 Å². The molecular formula is C72H51N3Si. The Bertz CT molecular complexity index is 4130. The molecule has 0 saturated carbocycles.